The third-order valence-electron chi connectivity index (χ3n) is 1.62. The maximum absolute atomic E-state index is 5.28. The Labute approximate surface area is 72.2 Å². The second-order valence-electron chi connectivity index (χ2n) is 2.35. The van der Waals surface area contributed by atoms with Crippen molar-refractivity contribution < 1.29 is 0 Å². The number of thiol groups is 1. The lowest BCUT2D eigenvalue weighted by Crippen LogP contribution is -2.07. The molecule has 0 bridgehead atoms. The molecule has 0 atom stereocenters. The number of benzene rings is 1. The lowest BCUT2D eigenvalue weighted by atomic mass is 10.1. The van der Waals surface area contributed by atoms with Crippen LogP contribution >= 0.6 is 12.6 Å². The maximum Gasteiger partial charge on any atom is 0.0621 e. The van der Waals surface area contributed by atoms with Crippen LogP contribution in [0.25, 0.3) is 0 Å². The zero-order valence-corrected chi connectivity index (χ0v) is 7.36. The summed E-state index contributed by atoms with van der Waals surface area (Å²) in [5.74, 6) is 5.28. The van der Waals surface area contributed by atoms with E-state index in [2.05, 4.69) is 25.0 Å². The predicted molar refractivity (Wildman–Crippen MR) is 50.9 cm³/mol. The fourth-order valence-corrected chi connectivity index (χ4v) is 1.12. The van der Waals surface area contributed by atoms with Crippen LogP contribution in [-0.4, -0.2) is 0 Å². The summed E-state index contributed by atoms with van der Waals surface area (Å²) in [6.07, 6.45) is 1.02. The van der Waals surface area contributed by atoms with Crippen molar-refractivity contribution in [2.75, 3.05) is 5.43 Å². The van der Waals surface area contributed by atoms with Gasteiger partial charge in [0.05, 0.1) is 5.69 Å². The molecule has 0 saturated heterocycles. The monoisotopic (exact) mass is 168 g/mol. The van der Waals surface area contributed by atoms with E-state index in [0.29, 0.717) is 0 Å². The van der Waals surface area contributed by atoms with E-state index in [1.165, 1.54) is 5.56 Å². The molecule has 0 radical (unpaired) electrons. The molecule has 0 amide bonds. The summed E-state index contributed by atoms with van der Waals surface area (Å²) < 4.78 is 0. The van der Waals surface area contributed by atoms with Gasteiger partial charge in [0, 0.05) is 4.90 Å². The van der Waals surface area contributed by atoms with Gasteiger partial charge in [-0.05, 0) is 24.1 Å². The van der Waals surface area contributed by atoms with E-state index in [0.717, 1.165) is 17.0 Å². The first-order valence-corrected chi connectivity index (χ1v) is 4.01. The quantitative estimate of drug-likeness (QED) is 0.358. The van der Waals surface area contributed by atoms with Crippen molar-refractivity contribution in [2.45, 2.75) is 18.2 Å². The van der Waals surface area contributed by atoms with Gasteiger partial charge in [-0.3, -0.25) is 5.84 Å². The fourth-order valence-electron chi connectivity index (χ4n) is 0.919. The van der Waals surface area contributed by atoms with Gasteiger partial charge < -0.3 is 5.43 Å². The fraction of sp³-hybridized carbons (Fsp3) is 0.250. The molecule has 1 aromatic carbocycles. The van der Waals surface area contributed by atoms with Crippen LogP contribution in [-0.2, 0) is 6.42 Å². The first-order chi connectivity index (χ1) is 5.27. The van der Waals surface area contributed by atoms with E-state index in [-0.39, 0.29) is 0 Å². The molecule has 3 heteroatoms. The van der Waals surface area contributed by atoms with Crippen LogP contribution in [0.5, 0.6) is 0 Å². The summed E-state index contributed by atoms with van der Waals surface area (Å²) in [4.78, 5) is 0.879. The minimum atomic E-state index is 0.879. The molecule has 0 saturated carbocycles. The summed E-state index contributed by atoms with van der Waals surface area (Å²) >= 11 is 4.22. The molecule has 1 aromatic rings. The van der Waals surface area contributed by atoms with Gasteiger partial charge >= 0.3 is 0 Å². The van der Waals surface area contributed by atoms with E-state index in [4.69, 9.17) is 5.84 Å². The minimum absolute atomic E-state index is 0.879. The van der Waals surface area contributed by atoms with E-state index >= 15 is 0 Å². The smallest absolute Gasteiger partial charge is 0.0621 e. The summed E-state index contributed by atoms with van der Waals surface area (Å²) in [5.41, 5.74) is 4.74. The molecule has 0 aromatic heterocycles. The van der Waals surface area contributed by atoms with Crippen LogP contribution in [0.4, 0.5) is 5.69 Å². The van der Waals surface area contributed by atoms with Crippen molar-refractivity contribution in [2.24, 2.45) is 5.84 Å². The Morgan fingerprint density at radius 2 is 2.27 bits per heavy atom. The van der Waals surface area contributed by atoms with Gasteiger partial charge in [-0.25, -0.2) is 0 Å². The zero-order valence-electron chi connectivity index (χ0n) is 6.46. The molecule has 0 unspecified atom stereocenters. The van der Waals surface area contributed by atoms with Gasteiger partial charge in [-0.2, -0.15) is 0 Å². The van der Waals surface area contributed by atoms with Crippen molar-refractivity contribution in [3.05, 3.63) is 23.8 Å². The number of hydrazine groups is 1. The lowest BCUT2D eigenvalue weighted by Gasteiger charge is -2.05. The highest BCUT2D eigenvalue weighted by molar-refractivity contribution is 7.80. The van der Waals surface area contributed by atoms with Crippen LogP contribution in [0.15, 0.2) is 23.1 Å². The standard InChI is InChI=1S/C8H12N2S/c1-2-6-3-4-8(11)7(5-6)10-9/h3-5,10-11H,2,9H2,1H3. The van der Waals surface area contributed by atoms with Crippen LogP contribution in [0.1, 0.15) is 12.5 Å². The Morgan fingerprint density at radius 3 is 2.82 bits per heavy atom. The van der Waals surface area contributed by atoms with E-state index in [9.17, 15) is 0 Å². The predicted octanol–water partition coefficient (Wildman–Crippen LogP) is 1.82. The van der Waals surface area contributed by atoms with Crippen molar-refractivity contribution in [1.29, 1.82) is 0 Å². The van der Waals surface area contributed by atoms with Crippen molar-refractivity contribution in [3.8, 4) is 0 Å². The highest BCUT2D eigenvalue weighted by Crippen LogP contribution is 2.20. The molecule has 2 nitrogen and oxygen atoms in total. The molecule has 0 spiro atoms. The number of hydrogen-bond donors (Lipinski definition) is 3. The highest BCUT2D eigenvalue weighted by atomic mass is 32.1. The molecule has 1 rings (SSSR count). The van der Waals surface area contributed by atoms with E-state index in [1.807, 2.05) is 18.2 Å². The molecule has 0 aliphatic rings. The summed E-state index contributed by atoms with van der Waals surface area (Å²) in [6.45, 7) is 2.10. The van der Waals surface area contributed by atoms with Gasteiger partial charge in [0.15, 0.2) is 0 Å². The number of nitrogen functional groups attached to an aromatic ring is 1. The Hall–Kier alpha value is -0.670. The van der Waals surface area contributed by atoms with Crippen molar-refractivity contribution in [3.63, 3.8) is 0 Å². The van der Waals surface area contributed by atoms with Gasteiger partial charge in [0.25, 0.3) is 0 Å². The van der Waals surface area contributed by atoms with Gasteiger partial charge in [-0.1, -0.05) is 13.0 Å². The summed E-state index contributed by atoms with van der Waals surface area (Å²) in [6, 6.07) is 5.99. The Balaban J connectivity index is 3.02. The second-order valence-corrected chi connectivity index (χ2v) is 2.83. The first-order valence-electron chi connectivity index (χ1n) is 3.56. The van der Waals surface area contributed by atoms with Crippen molar-refractivity contribution >= 4 is 18.3 Å². The number of rotatable bonds is 2. The number of anilines is 1. The lowest BCUT2D eigenvalue weighted by molar-refractivity contribution is 1.12. The van der Waals surface area contributed by atoms with Crippen molar-refractivity contribution in [1.82, 2.24) is 0 Å². The van der Waals surface area contributed by atoms with Crippen LogP contribution < -0.4 is 11.3 Å². The maximum atomic E-state index is 5.28. The SMILES string of the molecule is CCc1ccc(S)c(NN)c1. The third kappa shape index (κ3) is 1.88. The topological polar surface area (TPSA) is 38.0 Å². The zero-order chi connectivity index (χ0) is 8.27. The molecule has 0 heterocycles. The van der Waals surface area contributed by atoms with Gasteiger partial charge in [0.2, 0.25) is 0 Å². The molecule has 0 fully saturated rings. The van der Waals surface area contributed by atoms with E-state index in [1.54, 1.807) is 0 Å². The number of aryl methyl sites for hydroxylation is 1. The van der Waals surface area contributed by atoms with Crippen LogP contribution in [0.3, 0.4) is 0 Å². The third-order valence-corrected chi connectivity index (χ3v) is 2.01. The molecular weight excluding hydrogens is 156 g/mol. The van der Waals surface area contributed by atoms with Gasteiger partial charge in [0.1, 0.15) is 0 Å². The van der Waals surface area contributed by atoms with Crippen LogP contribution in [0.2, 0.25) is 0 Å². The van der Waals surface area contributed by atoms with Crippen LogP contribution in [0, 0.1) is 0 Å². The van der Waals surface area contributed by atoms with E-state index < -0.39 is 0 Å². The summed E-state index contributed by atoms with van der Waals surface area (Å²) in [5, 5.41) is 0. The largest absolute Gasteiger partial charge is 0.323 e. The Morgan fingerprint density at radius 1 is 1.55 bits per heavy atom. The molecule has 11 heavy (non-hydrogen) atoms. The molecule has 3 N–H and O–H groups in total. The number of nitrogens with one attached hydrogen (secondary N) is 1. The first kappa shape index (κ1) is 8.43. The molecular formula is C8H12N2S. The normalized spacial score (nSPS) is 9.73. The Kier molecular flexibility index (Phi) is 2.79. The summed E-state index contributed by atoms with van der Waals surface area (Å²) in [7, 11) is 0. The second kappa shape index (κ2) is 3.64. The average molecular weight is 168 g/mol. The minimum Gasteiger partial charge on any atom is -0.323 e. The molecule has 0 aliphatic heterocycles. The number of hydrogen-bond acceptors (Lipinski definition) is 3. The molecule has 0 aliphatic carbocycles. The van der Waals surface area contributed by atoms with Gasteiger partial charge in [-0.15, -0.1) is 12.6 Å². The number of nitrogens with two attached hydrogens (primary N) is 1. The average Bonchev–Trinajstić information content (AvgIpc) is 2.05. The Bertz CT molecular complexity index is 248. The molecule has 60 valence electrons. The highest BCUT2D eigenvalue weighted by Gasteiger charge is 1.96.